The summed E-state index contributed by atoms with van der Waals surface area (Å²) in [6, 6.07) is 6.12. The summed E-state index contributed by atoms with van der Waals surface area (Å²) >= 11 is 0. The van der Waals surface area contributed by atoms with Gasteiger partial charge in [-0.3, -0.25) is 9.59 Å². The second-order valence-electron chi connectivity index (χ2n) is 4.43. The highest BCUT2D eigenvalue weighted by molar-refractivity contribution is 5.85. The number of likely N-dealkylation sites (tertiary alicyclic amines) is 1. The molecule has 1 amide bonds. The molecule has 0 aromatic heterocycles. The smallest absolute Gasteiger partial charge is 0.308 e. The zero-order chi connectivity index (χ0) is 13.1. The van der Waals surface area contributed by atoms with Gasteiger partial charge in [0, 0.05) is 13.1 Å². The van der Waals surface area contributed by atoms with Gasteiger partial charge < -0.3 is 10.0 Å². The minimum atomic E-state index is -0.879. The number of rotatable bonds is 3. The fraction of sp³-hybridized carbons (Fsp3) is 0.385. The molecule has 0 bridgehead atoms. The molecule has 104 valence electrons. The van der Waals surface area contributed by atoms with Gasteiger partial charge in [0.15, 0.2) is 0 Å². The molecule has 1 N–H and O–H groups in total. The quantitative estimate of drug-likeness (QED) is 0.921. The number of nitrogens with zero attached hydrogens (tertiary/aromatic N) is 1. The van der Waals surface area contributed by atoms with E-state index in [1.807, 2.05) is 0 Å². The topological polar surface area (TPSA) is 57.6 Å². The van der Waals surface area contributed by atoms with Crippen molar-refractivity contribution in [3.8, 4) is 0 Å². The van der Waals surface area contributed by atoms with E-state index < -0.39 is 17.7 Å². The van der Waals surface area contributed by atoms with Gasteiger partial charge >= 0.3 is 5.97 Å². The Morgan fingerprint density at radius 1 is 1.37 bits per heavy atom. The number of carbonyl (C=O) groups is 2. The average molecular weight is 288 g/mol. The van der Waals surface area contributed by atoms with E-state index in [2.05, 4.69) is 0 Å². The molecule has 0 saturated carbocycles. The summed E-state index contributed by atoms with van der Waals surface area (Å²) in [5.41, 5.74) is 0.348. The lowest BCUT2D eigenvalue weighted by Gasteiger charge is -2.15. The second kappa shape index (κ2) is 6.52. The maximum Gasteiger partial charge on any atom is 0.308 e. The Labute approximate surface area is 116 Å². The highest BCUT2D eigenvalue weighted by Gasteiger charge is 2.30. The molecule has 1 atom stereocenters. The van der Waals surface area contributed by atoms with Gasteiger partial charge in [0.25, 0.3) is 0 Å². The van der Waals surface area contributed by atoms with Crippen molar-refractivity contribution in [2.24, 2.45) is 5.92 Å². The van der Waals surface area contributed by atoms with E-state index in [9.17, 15) is 14.0 Å². The van der Waals surface area contributed by atoms with Crippen LogP contribution < -0.4 is 0 Å². The minimum absolute atomic E-state index is 0. The van der Waals surface area contributed by atoms with Crippen LogP contribution in [0.25, 0.3) is 0 Å². The van der Waals surface area contributed by atoms with Crippen molar-refractivity contribution in [3.63, 3.8) is 0 Å². The van der Waals surface area contributed by atoms with Crippen molar-refractivity contribution in [2.75, 3.05) is 13.1 Å². The third kappa shape index (κ3) is 3.67. The molecule has 1 aromatic rings. The zero-order valence-electron chi connectivity index (χ0n) is 10.2. The van der Waals surface area contributed by atoms with E-state index in [4.69, 9.17) is 5.11 Å². The maximum atomic E-state index is 13.4. The Morgan fingerprint density at radius 3 is 2.63 bits per heavy atom. The van der Waals surface area contributed by atoms with Crippen LogP contribution in [-0.4, -0.2) is 35.0 Å². The first-order valence-electron chi connectivity index (χ1n) is 5.82. The Balaban J connectivity index is 0.00000180. The molecule has 0 spiro atoms. The van der Waals surface area contributed by atoms with Crippen molar-refractivity contribution in [2.45, 2.75) is 12.8 Å². The van der Waals surface area contributed by atoms with Gasteiger partial charge in [0.2, 0.25) is 5.91 Å². The van der Waals surface area contributed by atoms with E-state index >= 15 is 0 Å². The van der Waals surface area contributed by atoms with E-state index in [1.165, 1.54) is 11.0 Å². The van der Waals surface area contributed by atoms with Crippen molar-refractivity contribution < 1.29 is 19.1 Å². The summed E-state index contributed by atoms with van der Waals surface area (Å²) in [6.07, 6.45) is 0.456. The predicted octanol–water partition coefficient (Wildman–Crippen LogP) is 1.72. The molecule has 2 rings (SSSR count). The molecular weight excluding hydrogens is 273 g/mol. The number of halogens is 2. The molecule has 1 aliphatic rings. The highest BCUT2D eigenvalue weighted by Crippen LogP contribution is 2.18. The number of carboxylic acid groups (broad SMARTS) is 1. The first-order chi connectivity index (χ1) is 8.58. The van der Waals surface area contributed by atoms with Crippen LogP contribution in [0.15, 0.2) is 24.3 Å². The molecule has 0 radical (unpaired) electrons. The number of hydrogen-bond acceptors (Lipinski definition) is 2. The highest BCUT2D eigenvalue weighted by atomic mass is 35.5. The fourth-order valence-electron chi connectivity index (χ4n) is 2.10. The molecule has 19 heavy (non-hydrogen) atoms. The Bertz CT molecular complexity index is 481. The monoisotopic (exact) mass is 287 g/mol. The van der Waals surface area contributed by atoms with Gasteiger partial charge in [-0.15, -0.1) is 12.4 Å². The SMILES string of the molecule is Cl.O=C(O)C1CCN(C(=O)Cc2ccccc2F)C1. The molecule has 1 heterocycles. The van der Waals surface area contributed by atoms with Crippen LogP contribution in [0.3, 0.4) is 0 Å². The first-order valence-corrected chi connectivity index (χ1v) is 5.82. The summed E-state index contributed by atoms with van der Waals surface area (Å²) in [5.74, 6) is -1.99. The molecule has 6 heteroatoms. The summed E-state index contributed by atoms with van der Waals surface area (Å²) in [7, 11) is 0. The number of aliphatic carboxylic acids is 1. The van der Waals surface area contributed by atoms with Crippen LogP contribution in [0.5, 0.6) is 0 Å². The van der Waals surface area contributed by atoms with E-state index in [1.54, 1.807) is 18.2 Å². The van der Waals surface area contributed by atoms with Crippen LogP contribution in [-0.2, 0) is 16.0 Å². The van der Waals surface area contributed by atoms with Crippen molar-refractivity contribution >= 4 is 24.3 Å². The third-order valence-corrected chi connectivity index (χ3v) is 3.19. The number of hydrogen-bond donors (Lipinski definition) is 1. The molecule has 1 unspecified atom stereocenters. The predicted molar refractivity (Wildman–Crippen MR) is 69.7 cm³/mol. The summed E-state index contributed by atoms with van der Waals surface area (Å²) < 4.78 is 13.4. The number of carboxylic acids is 1. The lowest BCUT2D eigenvalue weighted by molar-refractivity contribution is -0.141. The second-order valence-corrected chi connectivity index (χ2v) is 4.43. The molecule has 1 aromatic carbocycles. The molecule has 1 fully saturated rings. The van der Waals surface area contributed by atoms with E-state index in [0.717, 1.165) is 0 Å². The van der Waals surface area contributed by atoms with Crippen LogP contribution in [0.4, 0.5) is 4.39 Å². The lowest BCUT2D eigenvalue weighted by Crippen LogP contribution is -2.31. The molecule has 1 aliphatic heterocycles. The Hall–Kier alpha value is -1.62. The molecule has 0 aliphatic carbocycles. The Morgan fingerprint density at radius 2 is 2.05 bits per heavy atom. The minimum Gasteiger partial charge on any atom is -0.481 e. The molecular formula is C13H15ClFNO3. The van der Waals surface area contributed by atoms with Crippen molar-refractivity contribution in [1.29, 1.82) is 0 Å². The summed E-state index contributed by atoms with van der Waals surface area (Å²) in [5, 5.41) is 8.85. The normalized spacial score (nSPS) is 17.9. The van der Waals surface area contributed by atoms with E-state index in [-0.39, 0.29) is 31.3 Å². The van der Waals surface area contributed by atoms with Gasteiger partial charge in [0.05, 0.1) is 12.3 Å². The standard InChI is InChI=1S/C13H14FNO3.ClH/c14-11-4-2-1-3-9(11)7-12(16)15-6-5-10(8-15)13(17)18;/h1-4,10H,5-8H2,(H,17,18);1H. The lowest BCUT2D eigenvalue weighted by atomic mass is 10.1. The van der Waals surface area contributed by atoms with Gasteiger partial charge in [0.1, 0.15) is 5.82 Å². The van der Waals surface area contributed by atoms with Crippen LogP contribution >= 0.6 is 12.4 Å². The van der Waals surface area contributed by atoms with Crippen LogP contribution in [0, 0.1) is 11.7 Å². The maximum absolute atomic E-state index is 13.4. The fourth-order valence-corrected chi connectivity index (χ4v) is 2.10. The van der Waals surface area contributed by atoms with E-state index in [0.29, 0.717) is 18.5 Å². The zero-order valence-corrected chi connectivity index (χ0v) is 11.0. The van der Waals surface area contributed by atoms with Crippen LogP contribution in [0.2, 0.25) is 0 Å². The number of carbonyl (C=O) groups excluding carboxylic acids is 1. The molecule has 4 nitrogen and oxygen atoms in total. The number of benzene rings is 1. The first kappa shape index (κ1) is 15.4. The number of amides is 1. The third-order valence-electron chi connectivity index (χ3n) is 3.19. The Kier molecular flexibility index (Phi) is 5.30. The van der Waals surface area contributed by atoms with Crippen molar-refractivity contribution in [1.82, 2.24) is 4.90 Å². The van der Waals surface area contributed by atoms with Gasteiger partial charge in [-0.25, -0.2) is 4.39 Å². The van der Waals surface area contributed by atoms with Gasteiger partial charge in [-0.1, -0.05) is 18.2 Å². The average Bonchev–Trinajstić information content (AvgIpc) is 2.81. The van der Waals surface area contributed by atoms with Crippen molar-refractivity contribution in [3.05, 3.63) is 35.6 Å². The molecule has 1 saturated heterocycles. The largest absolute Gasteiger partial charge is 0.481 e. The summed E-state index contributed by atoms with van der Waals surface area (Å²) in [6.45, 7) is 0.660. The van der Waals surface area contributed by atoms with Crippen LogP contribution in [0.1, 0.15) is 12.0 Å². The van der Waals surface area contributed by atoms with Gasteiger partial charge in [-0.2, -0.15) is 0 Å². The van der Waals surface area contributed by atoms with Gasteiger partial charge in [-0.05, 0) is 18.1 Å². The summed E-state index contributed by atoms with van der Waals surface area (Å²) in [4.78, 5) is 24.2.